The molecule has 0 bridgehead atoms. The van der Waals surface area contributed by atoms with E-state index in [0.29, 0.717) is 18.0 Å². The zero-order valence-electron chi connectivity index (χ0n) is 12.4. The lowest BCUT2D eigenvalue weighted by atomic mass is 9.99. The first-order valence-corrected chi connectivity index (χ1v) is 6.97. The molecule has 19 heavy (non-hydrogen) atoms. The number of rotatable bonds is 5. The number of nitrogens with one attached hydrogen (secondary N) is 1. The minimum absolute atomic E-state index is 0.0578. The lowest BCUT2D eigenvalue weighted by Gasteiger charge is -2.29. The van der Waals surface area contributed by atoms with E-state index in [0.717, 1.165) is 5.69 Å². The number of likely N-dealkylation sites (N-methyl/N-ethyl adjacent to an activating group) is 1. The second-order valence-electron chi connectivity index (χ2n) is 6.16. The third-order valence-corrected chi connectivity index (χ3v) is 4.44. The summed E-state index contributed by atoms with van der Waals surface area (Å²) in [5.74, 6) is 0.0578. The first-order valence-electron chi connectivity index (χ1n) is 6.97. The second kappa shape index (κ2) is 5.33. The average Bonchev–Trinajstić information content (AvgIpc) is 3.10. The summed E-state index contributed by atoms with van der Waals surface area (Å²) in [4.78, 5) is 14.2. The molecule has 1 aromatic carbocycles. The molecule has 1 N–H and O–H groups in total. The van der Waals surface area contributed by atoms with E-state index in [-0.39, 0.29) is 5.91 Å². The van der Waals surface area contributed by atoms with Crippen molar-refractivity contribution >= 4 is 11.6 Å². The van der Waals surface area contributed by atoms with Gasteiger partial charge in [-0.05, 0) is 51.3 Å². The van der Waals surface area contributed by atoms with Gasteiger partial charge in [0.2, 0.25) is 5.91 Å². The smallest absolute Gasteiger partial charge is 0.238 e. The molecule has 0 spiro atoms. The molecule has 1 atom stereocenters. The first-order chi connectivity index (χ1) is 8.90. The van der Waals surface area contributed by atoms with Gasteiger partial charge in [-0.3, -0.25) is 9.69 Å². The number of anilines is 1. The van der Waals surface area contributed by atoms with Crippen molar-refractivity contribution in [3.63, 3.8) is 0 Å². The third kappa shape index (κ3) is 3.57. The molecule has 3 nitrogen and oxygen atoms in total. The van der Waals surface area contributed by atoms with Crippen molar-refractivity contribution in [3.8, 4) is 0 Å². The van der Waals surface area contributed by atoms with Gasteiger partial charge in [0.1, 0.15) is 0 Å². The predicted octanol–water partition coefficient (Wildman–Crippen LogP) is 3.05. The van der Waals surface area contributed by atoms with Crippen LogP contribution in [0.25, 0.3) is 0 Å². The largest absolute Gasteiger partial charge is 0.325 e. The summed E-state index contributed by atoms with van der Waals surface area (Å²) in [6.45, 7) is 7.00. The molecule has 1 aliphatic rings. The SMILES string of the molecule is Cc1ccc(NC(=O)CN(C)[C@H](C)C2(C)CC2)cc1. The molecule has 1 aliphatic carbocycles. The first kappa shape index (κ1) is 14.1. The van der Waals surface area contributed by atoms with Crippen LogP contribution in [0.5, 0.6) is 0 Å². The van der Waals surface area contributed by atoms with Crippen LogP contribution in [0.15, 0.2) is 24.3 Å². The highest BCUT2D eigenvalue weighted by atomic mass is 16.2. The molecule has 2 rings (SSSR count). The molecular formula is C16H24N2O. The standard InChI is InChI=1S/C16H24N2O/c1-12-5-7-14(8-6-12)17-15(19)11-18(4)13(2)16(3)9-10-16/h5-8,13H,9-11H2,1-4H3,(H,17,19)/t13-/m1/s1. The lowest BCUT2D eigenvalue weighted by molar-refractivity contribution is -0.117. The Morgan fingerprint density at radius 2 is 1.95 bits per heavy atom. The molecule has 1 aromatic rings. The molecule has 3 heteroatoms. The Labute approximate surface area is 116 Å². The molecule has 1 fully saturated rings. The molecule has 104 valence electrons. The summed E-state index contributed by atoms with van der Waals surface area (Å²) in [6, 6.07) is 8.36. The summed E-state index contributed by atoms with van der Waals surface area (Å²) in [5, 5.41) is 2.95. The van der Waals surface area contributed by atoms with Crippen molar-refractivity contribution in [1.29, 1.82) is 0 Å². The van der Waals surface area contributed by atoms with E-state index in [1.54, 1.807) is 0 Å². The average molecular weight is 260 g/mol. The van der Waals surface area contributed by atoms with E-state index in [1.165, 1.54) is 18.4 Å². The molecule has 0 aliphatic heterocycles. The van der Waals surface area contributed by atoms with Crippen LogP contribution in [-0.4, -0.2) is 30.4 Å². The fourth-order valence-corrected chi connectivity index (χ4v) is 2.35. The number of aryl methyl sites for hydroxylation is 1. The summed E-state index contributed by atoms with van der Waals surface area (Å²) in [7, 11) is 2.03. The van der Waals surface area contributed by atoms with Gasteiger partial charge in [0.05, 0.1) is 6.54 Å². The van der Waals surface area contributed by atoms with E-state index in [4.69, 9.17) is 0 Å². The minimum Gasteiger partial charge on any atom is -0.325 e. The number of amides is 1. The van der Waals surface area contributed by atoms with Crippen LogP contribution >= 0.6 is 0 Å². The molecule has 0 saturated heterocycles. The van der Waals surface area contributed by atoms with Crippen LogP contribution in [0, 0.1) is 12.3 Å². The number of benzene rings is 1. The normalized spacial score (nSPS) is 18.2. The van der Waals surface area contributed by atoms with Crippen LogP contribution in [0.2, 0.25) is 0 Å². The van der Waals surface area contributed by atoms with Gasteiger partial charge in [-0.2, -0.15) is 0 Å². The van der Waals surface area contributed by atoms with Gasteiger partial charge in [0.15, 0.2) is 0 Å². The topological polar surface area (TPSA) is 32.3 Å². The van der Waals surface area contributed by atoms with Gasteiger partial charge in [-0.15, -0.1) is 0 Å². The van der Waals surface area contributed by atoms with E-state index in [9.17, 15) is 4.79 Å². The van der Waals surface area contributed by atoms with Crippen LogP contribution in [0.1, 0.15) is 32.3 Å². The predicted molar refractivity (Wildman–Crippen MR) is 79.2 cm³/mol. The monoisotopic (exact) mass is 260 g/mol. The summed E-state index contributed by atoms with van der Waals surface area (Å²) in [6.07, 6.45) is 2.55. The van der Waals surface area contributed by atoms with Gasteiger partial charge < -0.3 is 5.32 Å². The van der Waals surface area contributed by atoms with E-state index >= 15 is 0 Å². The number of nitrogens with zero attached hydrogens (tertiary/aromatic N) is 1. The number of hydrogen-bond donors (Lipinski definition) is 1. The van der Waals surface area contributed by atoms with E-state index < -0.39 is 0 Å². The van der Waals surface area contributed by atoms with Crippen LogP contribution < -0.4 is 5.32 Å². The maximum Gasteiger partial charge on any atom is 0.238 e. The number of hydrogen-bond acceptors (Lipinski definition) is 2. The van der Waals surface area contributed by atoms with Gasteiger partial charge in [0.25, 0.3) is 0 Å². The maximum absolute atomic E-state index is 12.0. The fraction of sp³-hybridized carbons (Fsp3) is 0.562. The number of carbonyl (C=O) groups excluding carboxylic acids is 1. The van der Waals surface area contributed by atoms with Crippen LogP contribution in [-0.2, 0) is 4.79 Å². The Bertz CT molecular complexity index is 448. The molecular weight excluding hydrogens is 236 g/mol. The Hall–Kier alpha value is -1.35. The zero-order chi connectivity index (χ0) is 14.0. The molecule has 0 aromatic heterocycles. The Morgan fingerprint density at radius 3 is 2.47 bits per heavy atom. The van der Waals surface area contributed by atoms with E-state index in [1.807, 2.05) is 38.2 Å². The highest BCUT2D eigenvalue weighted by Gasteiger charge is 2.44. The summed E-state index contributed by atoms with van der Waals surface area (Å²) < 4.78 is 0. The van der Waals surface area contributed by atoms with Crippen molar-refractivity contribution < 1.29 is 4.79 Å². The molecule has 1 amide bonds. The van der Waals surface area contributed by atoms with Gasteiger partial charge in [-0.25, -0.2) is 0 Å². The molecule has 1 saturated carbocycles. The van der Waals surface area contributed by atoms with Crippen molar-refractivity contribution in [2.75, 3.05) is 18.9 Å². The van der Waals surface area contributed by atoms with Crippen LogP contribution in [0.3, 0.4) is 0 Å². The van der Waals surface area contributed by atoms with Crippen molar-refractivity contribution in [3.05, 3.63) is 29.8 Å². The Balaban J connectivity index is 1.85. The van der Waals surface area contributed by atoms with Crippen molar-refractivity contribution in [2.45, 2.75) is 39.7 Å². The van der Waals surface area contributed by atoms with Crippen LogP contribution in [0.4, 0.5) is 5.69 Å². The third-order valence-electron chi connectivity index (χ3n) is 4.44. The Kier molecular flexibility index (Phi) is 3.95. The van der Waals surface area contributed by atoms with Gasteiger partial charge in [0, 0.05) is 11.7 Å². The summed E-state index contributed by atoms with van der Waals surface area (Å²) >= 11 is 0. The van der Waals surface area contributed by atoms with Crippen molar-refractivity contribution in [1.82, 2.24) is 4.90 Å². The highest BCUT2D eigenvalue weighted by molar-refractivity contribution is 5.92. The van der Waals surface area contributed by atoms with Gasteiger partial charge >= 0.3 is 0 Å². The lowest BCUT2D eigenvalue weighted by Crippen LogP contribution is -2.40. The van der Waals surface area contributed by atoms with Crippen molar-refractivity contribution in [2.24, 2.45) is 5.41 Å². The van der Waals surface area contributed by atoms with E-state index in [2.05, 4.69) is 24.1 Å². The molecule has 0 radical (unpaired) electrons. The minimum atomic E-state index is 0.0578. The maximum atomic E-state index is 12.0. The number of carbonyl (C=O) groups is 1. The Morgan fingerprint density at radius 1 is 1.37 bits per heavy atom. The highest BCUT2D eigenvalue weighted by Crippen LogP contribution is 2.49. The quantitative estimate of drug-likeness (QED) is 0.882. The summed E-state index contributed by atoms with van der Waals surface area (Å²) in [5.41, 5.74) is 2.48. The van der Waals surface area contributed by atoms with Gasteiger partial charge in [-0.1, -0.05) is 24.6 Å². The molecule has 0 unspecified atom stereocenters. The second-order valence-corrected chi connectivity index (χ2v) is 6.16. The molecule has 0 heterocycles. The zero-order valence-corrected chi connectivity index (χ0v) is 12.4. The fourth-order valence-electron chi connectivity index (χ4n) is 2.35.